The van der Waals surface area contributed by atoms with E-state index in [0.717, 1.165) is 11.3 Å². The summed E-state index contributed by atoms with van der Waals surface area (Å²) in [5.74, 6) is -2.25. The Bertz CT molecular complexity index is 534. The minimum absolute atomic E-state index is 0.110. The van der Waals surface area contributed by atoms with E-state index in [-0.39, 0.29) is 16.5 Å². The van der Waals surface area contributed by atoms with E-state index >= 15 is 0 Å². The van der Waals surface area contributed by atoms with Gasteiger partial charge in [0.05, 0.1) is 0 Å². The predicted molar refractivity (Wildman–Crippen MR) is 61.9 cm³/mol. The summed E-state index contributed by atoms with van der Waals surface area (Å²) >= 11 is 1.08. The van der Waals surface area contributed by atoms with E-state index in [2.05, 4.69) is 10.1 Å². The Morgan fingerprint density at radius 1 is 1.61 bits per heavy atom. The monoisotopic (exact) mass is 269 g/mol. The normalized spacial score (nSPS) is 17.2. The molecule has 1 aliphatic carbocycles. The molecule has 95 valence electrons. The van der Waals surface area contributed by atoms with Gasteiger partial charge in [-0.25, -0.2) is 9.78 Å². The number of nitrogens with two attached hydrogens (primary N) is 1. The second-order valence-corrected chi connectivity index (χ2v) is 4.62. The van der Waals surface area contributed by atoms with Crippen LogP contribution in [0, 0.1) is 0 Å². The van der Waals surface area contributed by atoms with E-state index in [1.807, 2.05) is 0 Å². The second-order valence-electron chi connectivity index (χ2n) is 3.73. The Morgan fingerprint density at radius 2 is 2.28 bits per heavy atom. The van der Waals surface area contributed by atoms with Crippen molar-refractivity contribution in [1.29, 1.82) is 0 Å². The molecule has 1 radical (unpaired) electrons. The van der Waals surface area contributed by atoms with E-state index in [1.54, 1.807) is 0 Å². The van der Waals surface area contributed by atoms with Crippen molar-refractivity contribution in [2.45, 2.75) is 18.4 Å². The summed E-state index contributed by atoms with van der Waals surface area (Å²) in [6.45, 7) is 0. The van der Waals surface area contributed by atoms with Crippen molar-refractivity contribution >= 4 is 34.1 Å². The number of carbonyl (C=O) groups is 2. The van der Waals surface area contributed by atoms with Crippen molar-refractivity contribution in [3.8, 4) is 0 Å². The van der Waals surface area contributed by atoms with Gasteiger partial charge in [0, 0.05) is 18.2 Å². The lowest BCUT2D eigenvalue weighted by atomic mass is 10.3. The molecule has 1 saturated carbocycles. The zero-order chi connectivity index (χ0) is 13.3. The lowest BCUT2D eigenvalue weighted by Gasteiger charge is -2.07. The molecular formula is C9H9N4O4S. The maximum Gasteiger partial charge on any atom is 0.350 e. The van der Waals surface area contributed by atoms with Crippen LogP contribution in [0.2, 0.25) is 0 Å². The van der Waals surface area contributed by atoms with E-state index in [1.165, 1.54) is 5.38 Å². The Morgan fingerprint density at radius 3 is 2.67 bits per heavy atom. The van der Waals surface area contributed by atoms with Gasteiger partial charge in [-0.15, -0.1) is 11.3 Å². The fourth-order valence-corrected chi connectivity index (χ4v) is 1.74. The summed E-state index contributed by atoms with van der Waals surface area (Å²) in [6, 6.07) is 0. The molecule has 0 aliphatic heterocycles. The molecule has 1 amide bonds. The SMILES string of the molecule is [NH]C(=O)/C(=N\OC1(C(=O)O)CC1)c1csc(N)n1. The number of aromatic nitrogens is 1. The number of oxime groups is 1. The van der Waals surface area contributed by atoms with Gasteiger partial charge in [-0.05, 0) is 0 Å². The van der Waals surface area contributed by atoms with Crippen molar-refractivity contribution in [3.63, 3.8) is 0 Å². The molecule has 0 aromatic carbocycles. The predicted octanol–water partition coefficient (Wildman–Crippen LogP) is -0.127. The number of nitrogens with one attached hydrogen (secondary N) is 1. The lowest BCUT2D eigenvalue weighted by molar-refractivity contribution is -0.153. The highest BCUT2D eigenvalue weighted by Gasteiger charge is 2.54. The van der Waals surface area contributed by atoms with Crippen molar-refractivity contribution in [3.05, 3.63) is 11.1 Å². The number of anilines is 1. The third-order valence-electron chi connectivity index (χ3n) is 2.39. The molecule has 0 saturated heterocycles. The van der Waals surface area contributed by atoms with Crippen molar-refractivity contribution in [2.75, 3.05) is 5.73 Å². The Labute approximate surface area is 105 Å². The first-order chi connectivity index (χ1) is 8.44. The van der Waals surface area contributed by atoms with Crippen molar-refractivity contribution in [2.24, 2.45) is 5.16 Å². The van der Waals surface area contributed by atoms with E-state index in [4.69, 9.17) is 21.4 Å². The first-order valence-electron chi connectivity index (χ1n) is 4.91. The fourth-order valence-electron chi connectivity index (χ4n) is 1.19. The molecule has 1 aromatic heterocycles. The number of thiazole rings is 1. The number of amides is 1. The number of carbonyl (C=O) groups excluding carboxylic acids is 1. The summed E-state index contributed by atoms with van der Waals surface area (Å²) < 4.78 is 0. The number of hydrogen-bond donors (Lipinski definition) is 2. The Kier molecular flexibility index (Phi) is 2.91. The van der Waals surface area contributed by atoms with E-state index < -0.39 is 17.5 Å². The largest absolute Gasteiger partial charge is 0.478 e. The number of aliphatic carboxylic acids is 1. The van der Waals surface area contributed by atoms with Crippen LogP contribution in [-0.4, -0.2) is 33.3 Å². The van der Waals surface area contributed by atoms with Crippen molar-refractivity contribution in [1.82, 2.24) is 10.7 Å². The smallest absolute Gasteiger partial charge is 0.350 e. The number of nitrogens with zero attached hydrogens (tertiary/aromatic N) is 2. The van der Waals surface area contributed by atoms with Crippen LogP contribution in [-0.2, 0) is 14.4 Å². The van der Waals surface area contributed by atoms with Gasteiger partial charge in [0.2, 0.25) is 5.60 Å². The van der Waals surface area contributed by atoms with Crippen LogP contribution in [0.4, 0.5) is 5.13 Å². The van der Waals surface area contributed by atoms with Gasteiger partial charge in [-0.3, -0.25) is 10.5 Å². The summed E-state index contributed by atoms with van der Waals surface area (Å²) in [4.78, 5) is 30.6. The highest BCUT2D eigenvalue weighted by Crippen LogP contribution is 2.40. The molecule has 18 heavy (non-hydrogen) atoms. The molecule has 9 heteroatoms. The maximum absolute atomic E-state index is 11.1. The number of carboxylic acid groups (broad SMARTS) is 1. The van der Waals surface area contributed by atoms with Gasteiger partial charge in [-0.1, -0.05) is 5.16 Å². The molecular weight excluding hydrogens is 260 g/mol. The lowest BCUT2D eigenvalue weighted by Crippen LogP contribution is -2.26. The van der Waals surface area contributed by atoms with Crippen LogP contribution in [0.25, 0.3) is 0 Å². The highest BCUT2D eigenvalue weighted by atomic mass is 32.1. The Balaban J connectivity index is 2.21. The highest BCUT2D eigenvalue weighted by molar-refractivity contribution is 7.13. The zero-order valence-corrected chi connectivity index (χ0v) is 9.86. The minimum Gasteiger partial charge on any atom is -0.478 e. The zero-order valence-electron chi connectivity index (χ0n) is 9.04. The molecule has 1 fully saturated rings. The van der Waals surface area contributed by atoms with Gasteiger partial charge < -0.3 is 15.7 Å². The number of rotatable bonds is 5. The molecule has 1 aromatic rings. The Hall–Kier alpha value is -2.16. The molecule has 1 heterocycles. The summed E-state index contributed by atoms with van der Waals surface area (Å²) in [7, 11) is 0. The minimum atomic E-state index is -1.36. The van der Waals surface area contributed by atoms with Crippen LogP contribution in [0.5, 0.6) is 0 Å². The number of nitrogen functional groups attached to an aromatic ring is 1. The van der Waals surface area contributed by atoms with Gasteiger partial charge in [0.25, 0.3) is 5.91 Å². The van der Waals surface area contributed by atoms with Crippen LogP contribution in [0.1, 0.15) is 18.5 Å². The number of hydrogen-bond acceptors (Lipinski definition) is 7. The van der Waals surface area contributed by atoms with Crippen molar-refractivity contribution < 1.29 is 19.5 Å². The third kappa shape index (κ3) is 2.25. The molecule has 0 atom stereocenters. The first-order valence-corrected chi connectivity index (χ1v) is 5.79. The molecule has 0 unspecified atom stereocenters. The van der Waals surface area contributed by atoms with Crippen LogP contribution in [0.15, 0.2) is 10.5 Å². The molecule has 0 bridgehead atoms. The average Bonchev–Trinajstić information content (AvgIpc) is 2.96. The number of carboxylic acids is 1. The summed E-state index contributed by atoms with van der Waals surface area (Å²) in [5, 5.41) is 14.0. The molecule has 4 N–H and O–H groups in total. The quantitative estimate of drug-likeness (QED) is 0.564. The van der Waals surface area contributed by atoms with E-state index in [0.29, 0.717) is 12.8 Å². The van der Waals surface area contributed by atoms with Crippen LogP contribution >= 0.6 is 11.3 Å². The van der Waals surface area contributed by atoms with Crippen LogP contribution in [0.3, 0.4) is 0 Å². The average molecular weight is 269 g/mol. The van der Waals surface area contributed by atoms with Gasteiger partial charge in [0.1, 0.15) is 5.69 Å². The molecule has 2 rings (SSSR count). The van der Waals surface area contributed by atoms with Gasteiger partial charge in [0.15, 0.2) is 10.8 Å². The second kappa shape index (κ2) is 4.26. The molecule has 0 spiro atoms. The van der Waals surface area contributed by atoms with Gasteiger partial charge in [-0.2, -0.15) is 0 Å². The molecule has 1 aliphatic rings. The molecule has 8 nitrogen and oxygen atoms in total. The van der Waals surface area contributed by atoms with Crippen LogP contribution < -0.4 is 11.5 Å². The first kappa shape index (κ1) is 12.3. The summed E-state index contributed by atoms with van der Waals surface area (Å²) in [6.07, 6.45) is 0.648. The topological polar surface area (TPSA) is 139 Å². The third-order valence-corrected chi connectivity index (χ3v) is 3.06. The fraction of sp³-hybridized carbons (Fsp3) is 0.333. The van der Waals surface area contributed by atoms with Gasteiger partial charge >= 0.3 is 5.97 Å². The summed E-state index contributed by atoms with van der Waals surface area (Å²) in [5.41, 5.74) is 10.8. The standard InChI is InChI=1S/C9H9N4O4S/c10-6(14)5(4-3-18-8(11)12-4)13-17-9(1-2-9)7(15)16/h3,10H,1-2H2,(H2,11,12)(H,15,16)/b13-5-. The van der Waals surface area contributed by atoms with E-state index in [9.17, 15) is 9.59 Å². The maximum atomic E-state index is 11.1.